The summed E-state index contributed by atoms with van der Waals surface area (Å²) in [6, 6.07) is 3.60. The molecule has 0 unspecified atom stereocenters. The zero-order valence-corrected chi connectivity index (χ0v) is 14.6. The van der Waals surface area contributed by atoms with Crippen molar-refractivity contribution in [2.24, 2.45) is 0 Å². The van der Waals surface area contributed by atoms with Crippen LogP contribution in [-0.2, 0) is 12.8 Å². The molecule has 0 aliphatic carbocycles. The van der Waals surface area contributed by atoms with Crippen LogP contribution >= 0.6 is 0 Å². The third-order valence-electron chi connectivity index (χ3n) is 4.57. The molecule has 1 aromatic heterocycles. The van der Waals surface area contributed by atoms with Crippen LogP contribution in [0.5, 0.6) is 5.75 Å². The zero-order valence-electron chi connectivity index (χ0n) is 14.6. The third kappa shape index (κ3) is 4.15. The molecule has 1 aromatic carbocycles. The number of hydrogen-bond donors (Lipinski definition) is 1. The topological polar surface area (TPSA) is 50.4 Å². The second kappa shape index (κ2) is 8.19. The molecule has 3 nitrogen and oxygen atoms in total. The quantitative estimate of drug-likeness (QED) is 0.533. The summed E-state index contributed by atoms with van der Waals surface area (Å²) >= 11 is 0. The highest BCUT2D eigenvalue weighted by Gasteiger charge is 2.13. The molecule has 0 amide bonds. The minimum Gasteiger partial charge on any atom is -0.508 e. The van der Waals surface area contributed by atoms with Crippen molar-refractivity contribution in [3.63, 3.8) is 0 Å². The average Bonchev–Trinajstić information content (AvgIpc) is 2.52. The first kappa shape index (κ1) is 17.6. The summed E-state index contributed by atoms with van der Waals surface area (Å²) < 4.78 is 5.43. The van der Waals surface area contributed by atoms with Crippen molar-refractivity contribution >= 4 is 11.0 Å². The van der Waals surface area contributed by atoms with Crippen LogP contribution in [0.1, 0.15) is 69.1 Å². The Balaban J connectivity index is 2.37. The van der Waals surface area contributed by atoms with Crippen LogP contribution in [0.15, 0.2) is 21.3 Å². The number of aryl methyl sites for hydroxylation is 2. The lowest BCUT2D eigenvalue weighted by molar-refractivity contribution is 0.464. The van der Waals surface area contributed by atoms with Gasteiger partial charge in [-0.05, 0) is 49.8 Å². The normalized spacial score (nSPS) is 11.3. The van der Waals surface area contributed by atoms with E-state index in [-0.39, 0.29) is 11.4 Å². The van der Waals surface area contributed by atoms with Gasteiger partial charge in [0.05, 0.1) is 0 Å². The lowest BCUT2D eigenvalue weighted by atomic mass is 9.98. The summed E-state index contributed by atoms with van der Waals surface area (Å²) in [5.74, 6) is 0.234. The molecule has 23 heavy (non-hydrogen) atoms. The van der Waals surface area contributed by atoms with Gasteiger partial charge >= 0.3 is 5.63 Å². The maximum atomic E-state index is 12.2. The number of unbranched alkanes of at least 4 members (excludes halogenated alkanes) is 4. The molecule has 126 valence electrons. The maximum Gasteiger partial charge on any atom is 0.339 e. The Morgan fingerprint density at radius 1 is 1.00 bits per heavy atom. The first-order chi connectivity index (χ1) is 11.1. The summed E-state index contributed by atoms with van der Waals surface area (Å²) in [5, 5.41) is 11.2. The van der Waals surface area contributed by atoms with Crippen LogP contribution in [0.3, 0.4) is 0 Å². The van der Waals surface area contributed by atoms with Gasteiger partial charge < -0.3 is 9.52 Å². The Kier molecular flexibility index (Phi) is 6.26. The minimum absolute atomic E-state index is 0.234. The lowest BCUT2D eigenvalue weighted by Gasteiger charge is -2.11. The van der Waals surface area contributed by atoms with Gasteiger partial charge in [-0.25, -0.2) is 4.79 Å². The van der Waals surface area contributed by atoms with E-state index in [1.54, 1.807) is 6.07 Å². The van der Waals surface area contributed by atoms with Crippen molar-refractivity contribution < 1.29 is 9.52 Å². The number of benzene rings is 1. The highest BCUT2D eigenvalue weighted by Crippen LogP contribution is 2.29. The molecule has 1 N–H and O–H groups in total. The van der Waals surface area contributed by atoms with Crippen LogP contribution in [0.25, 0.3) is 11.0 Å². The zero-order chi connectivity index (χ0) is 16.8. The number of hydrogen-bond acceptors (Lipinski definition) is 3. The maximum absolute atomic E-state index is 12.2. The number of rotatable bonds is 8. The molecule has 0 saturated carbocycles. The highest BCUT2D eigenvalue weighted by molar-refractivity contribution is 5.83. The molecule has 3 heteroatoms. The molecule has 1 heterocycles. The summed E-state index contributed by atoms with van der Waals surface area (Å²) in [6.45, 7) is 6.29. The van der Waals surface area contributed by atoms with Gasteiger partial charge in [0, 0.05) is 17.0 Å². The Bertz CT molecular complexity index is 713. The summed E-state index contributed by atoms with van der Waals surface area (Å²) in [6.07, 6.45) is 8.34. The number of fused-ring (bicyclic) bond motifs is 1. The van der Waals surface area contributed by atoms with E-state index in [1.165, 1.54) is 19.3 Å². The molecule has 0 fully saturated rings. The second-order valence-electron chi connectivity index (χ2n) is 6.38. The average molecular weight is 316 g/mol. The first-order valence-electron chi connectivity index (χ1n) is 8.86. The van der Waals surface area contributed by atoms with Gasteiger partial charge in [0.1, 0.15) is 11.3 Å². The fourth-order valence-electron chi connectivity index (χ4n) is 3.05. The van der Waals surface area contributed by atoms with Crippen molar-refractivity contribution in [1.82, 2.24) is 0 Å². The fraction of sp³-hybridized carbons (Fsp3) is 0.550. The Morgan fingerprint density at radius 3 is 2.43 bits per heavy atom. The van der Waals surface area contributed by atoms with Gasteiger partial charge in [0.25, 0.3) is 0 Å². The van der Waals surface area contributed by atoms with Gasteiger partial charge in [0.2, 0.25) is 0 Å². The Labute approximate surface area is 138 Å². The SMILES string of the molecule is CCCCCCc1cc2c(C)c(CCCC)c(=O)oc2cc1O. The van der Waals surface area contributed by atoms with Crippen LogP contribution in [0.2, 0.25) is 0 Å². The van der Waals surface area contributed by atoms with E-state index in [0.717, 1.165) is 54.2 Å². The molecule has 0 saturated heterocycles. The van der Waals surface area contributed by atoms with Crippen LogP contribution in [-0.4, -0.2) is 5.11 Å². The minimum atomic E-state index is -0.265. The largest absolute Gasteiger partial charge is 0.508 e. The van der Waals surface area contributed by atoms with Gasteiger partial charge in [-0.3, -0.25) is 0 Å². The first-order valence-corrected chi connectivity index (χ1v) is 8.86. The molecule has 0 spiro atoms. The highest BCUT2D eigenvalue weighted by atomic mass is 16.4. The van der Waals surface area contributed by atoms with E-state index in [0.29, 0.717) is 5.58 Å². The lowest BCUT2D eigenvalue weighted by Crippen LogP contribution is -2.10. The van der Waals surface area contributed by atoms with E-state index in [4.69, 9.17) is 4.42 Å². The Morgan fingerprint density at radius 2 is 1.74 bits per heavy atom. The fourth-order valence-corrected chi connectivity index (χ4v) is 3.05. The third-order valence-corrected chi connectivity index (χ3v) is 4.57. The molecule has 0 aliphatic heterocycles. The molecule has 0 aliphatic rings. The predicted molar refractivity (Wildman–Crippen MR) is 95.3 cm³/mol. The summed E-state index contributed by atoms with van der Waals surface area (Å²) in [5.41, 5.74) is 2.95. The van der Waals surface area contributed by atoms with Crippen molar-refractivity contribution in [2.45, 2.75) is 72.1 Å². The van der Waals surface area contributed by atoms with Crippen molar-refractivity contribution in [2.75, 3.05) is 0 Å². The van der Waals surface area contributed by atoms with Crippen molar-refractivity contribution in [1.29, 1.82) is 0 Å². The Hall–Kier alpha value is -1.77. The second-order valence-corrected chi connectivity index (χ2v) is 6.38. The molecule has 0 bridgehead atoms. The predicted octanol–water partition coefficient (Wildman–Crippen LogP) is 5.27. The molecule has 0 atom stereocenters. The molecule has 0 radical (unpaired) electrons. The van der Waals surface area contributed by atoms with Gasteiger partial charge in [0.15, 0.2) is 0 Å². The van der Waals surface area contributed by atoms with Gasteiger partial charge in [-0.15, -0.1) is 0 Å². The molecular formula is C20H28O3. The number of aromatic hydroxyl groups is 1. The smallest absolute Gasteiger partial charge is 0.339 e. The van der Waals surface area contributed by atoms with Crippen LogP contribution < -0.4 is 5.63 Å². The molecule has 2 aromatic rings. The van der Waals surface area contributed by atoms with Gasteiger partial charge in [-0.2, -0.15) is 0 Å². The standard InChI is InChI=1S/C20H28O3/c1-4-6-8-9-10-15-12-17-14(3)16(11-7-5-2)20(22)23-19(17)13-18(15)21/h12-13,21H,4-11H2,1-3H3. The van der Waals surface area contributed by atoms with E-state index >= 15 is 0 Å². The summed E-state index contributed by atoms with van der Waals surface area (Å²) in [4.78, 5) is 12.2. The van der Waals surface area contributed by atoms with Crippen molar-refractivity contribution in [3.05, 3.63) is 39.2 Å². The van der Waals surface area contributed by atoms with E-state index < -0.39 is 0 Å². The number of phenolic OH excluding ortho intramolecular Hbond substituents is 1. The van der Waals surface area contributed by atoms with E-state index in [1.807, 2.05) is 13.0 Å². The van der Waals surface area contributed by atoms with Crippen LogP contribution in [0.4, 0.5) is 0 Å². The monoisotopic (exact) mass is 316 g/mol. The van der Waals surface area contributed by atoms with E-state index in [2.05, 4.69) is 13.8 Å². The summed E-state index contributed by atoms with van der Waals surface area (Å²) in [7, 11) is 0. The van der Waals surface area contributed by atoms with Crippen LogP contribution in [0, 0.1) is 6.92 Å². The molecular weight excluding hydrogens is 288 g/mol. The number of phenols is 1. The molecule has 2 rings (SSSR count). The van der Waals surface area contributed by atoms with Gasteiger partial charge in [-0.1, -0.05) is 39.5 Å². The van der Waals surface area contributed by atoms with Crippen molar-refractivity contribution in [3.8, 4) is 5.75 Å². The van der Waals surface area contributed by atoms with E-state index in [9.17, 15) is 9.90 Å².